The summed E-state index contributed by atoms with van der Waals surface area (Å²) < 4.78 is 3.51. The molecule has 2 heterocycles. The van der Waals surface area contributed by atoms with Crippen molar-refractivity contribution in [3.05, 3.63) is 0 Å². The Morgan fingerprint density at radius 2 is 2.17 bits per heavy atom. The monoisotopic (exact) mass is 567 g/mol. The van der Waals surface area contributed by atoms with Crippen molar-refractivity contribution in [3.8, 4) is 0 Å². The number of carbonyl (C=O) groups excluding carboxylic acids is 1. The van der Waals surface area contributed by atoms with Crippen LogP contribution in [0, 0.1) is 0 Å². The minimum atomic E-state index is -1.07. The number of fused-ring (bicyclic) bond motifs is 1. The van der Waals surface area contributed by atoms with Crippen molar-refractivity contribution in [2.45, 2.75) is 33.3 Å². The fraction of sp³-hybridized carbons (Fsp3) is 0.846. The molecule has 4 N–H and O–H groups in total. The molecule has 24 heavy (non-hydrogen) atoms. The van der Waals surface area contributed by atoms with Crippen molar-refractivity contribution in [1.29, 1.82) is 0 Å². The molecular weight excluding hydrogens is 544 g/mol. The van der Waals surface area contributed by atoms with E-state index in [1.54, 1.807) is 0 Å². The lowest BCUT2D eigenvalue weighted by Gasteiger charge is -2.45. The van der Waals surface area contributed by atoms with E-state index in [0.29, 0.717) is 13.2 Å². The van der Waals surface area contributed by atoms with Gasteiger partial charge in [0.2, 0.25) is 13.2 Å². The first-order valence-corrected chi connectivity index (χ1v) is 9.80. The molecule has 138 valence electrons. The molecule has 2 aliphatic rings. The zero-order valence-electron chi connectivity index (χ0n) is 13.7. The molecule has 0 aromatic carbocycles. The van der Waals surface area contributed by atoms with Crippen molar-refractivity contribution < 1.29 is 19.7 Å². The Labute approximate surface area is 168 Å². The number of ether oxygens (including phenoxy) is 1. The second-order valence-corrected chi connectivity index (χ2v) is 8.84. The first-order valence-electron chi connectivity index (χ1n) is 7.64. The molecule has 11 heteroatoms. The van der Waals surface area contributed by atoms with Crippen LogP contribution in [0.3, 0.4) is 0 Å². The molecule has 1 fully saturated rings. The molecule has 0 spiro atoms. The number of nitrogens with two attached hydrogens (primary N) is 1. The van der Waals surface area contributed by atoms with Crippen LogP contribution in [0.25, 0.3) is 0 Å². The summed E-state index contributed by atoms with van der Waals surface area (Å²) in [5, 5.41) is 18.5. The number of aliphatic hydroxyl groups is 2. The van der Waals surface area contributed by atoms with Gasteiger partial charge in [-0.2, -0.15) is 0 Å². The van der Waals surface area contributed by atoms with Crippen LogP contribution in [0.1, 0.15) is 19.8 Å². The number of carbonyl (C=O) groups is 1. The molecule has 3 atom stereocenters. The Balaban J connectivity index is 2.29. The van der Waals surface area contributed by atoms with Crippen LogP contribution in [0.15, 0.2) is 4.99 Å². The van der Waals surface area contributed by atoms with Gasteiger partial charge in [0, 0.05) is 19.6 Å². The molecule has 2 rings (SSSR count). The smallest absolute Gasteiger partial charge is 0.264 e. The highest BCUT2D eigenvalue weighted by Crippen LogP contribution is 2.52. The standard InChI is InChI=1S/C13H23I2N5O4/c1-3-5-20-10(23)12(14)13(15,17-11(20)16)19(7-18(12)2)8-24-9(22)4-6-21/h9,21-22H,3-8H2,1-2H3,(H2,16,17). The molecule has 0 saturated carbocycles. The van der Waals surface area contributed by atoms with Crippen molar-refractivity contribution >= 4 is 57.0 Å². The van der Waals surface area contributed by atoms with Gasteiger partial charge in [0.1, 0.15) is 6.73 Å². The number of guanidine groups is 1. The molecule has 3 unspecified atom stereocenters. The van der Waals surface area contributed by atoms with E-state index in [0.717, 1.165) is 6.42 Å². The molecule has 9 nitrogen and oxygen atoms in total. The summed E-state index contributed by atoms with van der Waals surface area (Å²) in [7, 11) is 1.85. The van der Waals surface area contributed by atoms with E-state index in [4.69, 9.17) is 15.6 Å². The van der Waals surface area contributed by atoms with Crippen molar-refractivity contribution in [3.63, 3.8) is 0 Å². The molecule has 0 radical (unpaired) electrons. The van der Waals surface area contributed by atoms with E-state index in [9.17, 15) is 9.90 Å². The van der Waals surface area contributed by atoms with Gasteiger partial charge in [-0.1, -0.05) is 6.92 Å². The first kappa shape index (κ1) is 20.5. The fourth-order valence-corrected chi connectivity index (χ4v) is 4.86. The van der Waals surface area contributed by atoms with E-state index < -0.39 is 13.5 Å². The largest absolute Gasteiger partial charge is 0.396 e. The lowest BCUT2D eigenvalue weighted by molar-refractivity contribution is -0.146. The highest BCUT2D eigenvalue weighted by molar-refractivity contribution is 14.1. The first-order chi connectivity index (χ1) is 11.2. The van der Waals surface area contributed by atoms with Crippen LogP contribution < -0.4 is 5.73 Å². The lowest BCUT2D eigenvalue weighted by atomic mass is 10.1. The molecule has 0 aromatic rings. The van der Waals surface area contributed by atoms with Gasteiger partial charge in [-0.05, 0) is 58.7 Å². The Bertz CT molecular complexity index is 525. The van der Waals surface area contributed by atoms with E-state index in [1.165, 1.54) is 4.90 Å². The maximum atomic E-state index is 13.1. The predicted octanol–water partition coefficient (Wildman–Crippen LogP) is -0.347. The van der Waals surface area contributed by atoms with Crippen LogP contribution in [0.2, 0.25) is 0 Å². The van der Waals surface area contributed by atoms with Crippen LogP contribution in [0.4, 0.5) is 0 Å². The van der Waals surface area contributed by atoms with Gasteiger partial charge in [-0.15, -0.1) is 0 Å². The summed E-state index contributed by atoms with van der Waals surface area (Å²) in [6.45, 7) is 2.83. The van der Waals surface area contributed by atoms with Crippen LogP contribution in [-0.2, 0) is 9.53 Å². The lowest BCUT2D eigenvalue weighted by Crippen LogP contribution is -2.67. The number of likely N-dealkylation sites (N-methyl/N-ethyl adjacent to an activating group) is 1. The average Bonchev–Trinajstić information content (AvgIpc) is 2.71. The average molecular weight is 567 g/mol. The Morgan fingerprint density at radius 1 is 1.50 bits per heavy atom. The number of hydrogen-bond donors (Lipinski definition) is 3. The van der Waals surface area contributed by atoms with Crippen molar-refractivity contribution in [2.75, 3.05) is 33.6 Å². The van der Waals surface area contributed by atoms with E-state index >= 15 is 0 Å². The van der Waals surface area contributed by atoms with Crippen molar-refractivity contribution in [1.82, 2.24) is 14.7 Å². The number of halogens is 2. The van der Waals surface area contributed by atoms with Crippen LogP contribution in [-0.4, -0.2) is 83.9 Å². The molecule has 1 saturated heterocycles. The Morgan fingerprint density at radius 3 is 2.75 bits per heavy atom. The number of rotatable bonds is 7. The Kier molecular flexibility index (Phi) is 6.70. The highest BCUT2D eigenvalue weighted by Gasteiger charge is 2.68. The summed E-state index contributed by atoms with van der Waals surface area (Å²) in [6.07, 6.45) is -0.156. The third kappa shape index (κ3) is 3.27. The normalized spacial score (nSPS) is 32.8. The zero-order valence-corrected chi connectivity index (χ0v) is 18.0. The number of nitrogens with zero attached hydrogens (tertiary/aromatic N) is 4. The van der Waals surface area contributed by atoms with Gasteiger partial charge in [-0.25, -0.2) is 9.89 Å². The van der Waals surface area contributed by atoms with Crippen LogP contribution >= 0.6 is 45.2 Å². The fourth-order valence-electron chi connectivity index (χ4n) is 2.77. The molecule has 1 amide bonds. The van der Waals surface area contributed by atoms with Crippen molar-refractivity contribution in [2.24, 2.45) is 10.7 Å². The molecule has 0 aromatic heterocycles. The number of aliphatic hydroxyl groups excluding tert-OH is 2. The SMILES string of the molecule is CCCN1C(=O)C2(I)N(C)CN(COC(O)CCO)C2(I)N=C1N. The van der Waals surface area contributed by atoms with E-state index in [2.05, 4.69) is 50.2 Å². The van der Waals surface area contributed by atoms with E-state index in [-0.39, 0.29) is 31.6 Å². The van der Waals surface area contributed by atoms with Gasteiger partial charge >= 0.3 is 0 Å². The summed E-state index contributed by atoms with van der Waals surface area (Å²) in [4.78, 5) is 23.0. The summed E-state index contributed by atoms with van der Waals surface area (Å²) in [5.74, 6) is 0.0903. The predicted molar refractivity (Wildman–Crippen MR) is 105 cm³/mol. The molecular formula is C13H23I2N5O4. The summed E-state index contributed by atoms with van der Waals surface area (Å²) in [6, 6.07) is 0. The maximum Gasteiger partial charge on any atom is 0.264 e. The Hall–Kier alpha value is 0.200. The molecule has 2 aliphatic heterocycles. The van der Waals surface area contributed by atoms with Gasteiger partial charge in [0.25, 0.3) is 5.91 Å². The topological polar surface area (TPSA) is 115 Å². The summed E-state index contributed by atoms with van der Waals surface area (Å²) >= 11 is 4.25. The van der Waals surface area contributed by atoms with Gasteiger partial charge < -0.3 is 20.7 Å². The second kappa shape index (κ2) is 7.84. The molecule has 0 bridgehead atoms. The second-order valence-electron chi connectivity index (χ2n) is 5.78. The minimum Gasteiger partial charge on any atom is -0.396 e. The maximum absolute atomic E-state index is 13.1. The highest BCUT2D eigenvalue weighted by atomic mass is 127. The zero-order chi connectivity index (χ0) is 18.1. The minimum absolute atomic E-state index is 0.0665. The third-order valence-corrected chi connectivity index (χ3v) is 8.84. The number of hydrogen-bond acceptors (Lipinski definition) is 8. The van der Waals surface area contributed by atoms with Gasteiger partial charge in [0.15, 0.2) is 6.29 Å². The van der Waals surface area contributed by atoms with Gasteiger partial charge in [0.05, 0.1) is 6.67 Å². The number of aliphatic imine (C=N–C) groups is 1. The van der Waals surface area contributed by atoms with E-state index in [1.807, 2.05) is 23.8 Å². The number of amides is 1. The number of alkyl halides is 2. The summed E-state index contributed by atoms with van der Waals surface area (Å²) in [5.41, 5.74) is 6.05. The van der Waals surface area contributed by atoms with Gasteiger partial charge in [-0.3, -0.25) is 14.6 Å². The quantitative estimate of drug-likeness (QED) is 0.167. The molecule has 0 aliphatic carbocycles. The third-order valence-electron chi connectivity index (χ3n) is 4.06. The van der Waals surface area contributed by atoms with Crippen LogP contribution in [0.5, 0.6) is 0 Å².